The van der Waals surface area contributed by atoms with E-state index in [4.69, 9.17) is 16.6 Å². The van der Waals surface area contributed by atoms with Crippen molar-refractivity contribution in [2.75, 3.05) is 10.6 Å². The molecule has 6 nitrogen and oxygen atoms in total. The number of benzene rings is 2. The van der Waals surface area contributed by atoms with Gasteiger partial charge in [0.25, 0.3) is 5.91 Å². The van der Waals surface area contributed by atoms with Gasteiger partial charge in [-0.05, 0) is 35.9 Å². The Morgan fingerprint density at radius 3 is 2.60 bits per heavy atom. The molecule has 0 saturated carbocycles. The van der Waals surface area contributed by atoms with E-state index in [1.807, 2.05) is 48.5 Å². The maximum atomic E-state index is 12.8. The number of anilines is 3. The lowest BCUT2D eigenvalue weighted by molar-refractivity contribution is 0.102. The maximum absolute atomic E-state index is 12.8. The highest BCUT2D eigenvalue weighted by Gasteiger charge is 2.22. The van der Waals surface area contributed by atoms with E-state index in [1.165, 1.54) is 5.56 Å². The van der Waals surface area contributed by atoms with Crippen LogP contribution in [0.3, 0.4) is 0 Å². The minimum absolute atomic E-state index is 0.109. The van der Waals surface area contributed by atoms with Gasteiger partial charge < -0.3 is 15.2 Å². The first-order chi connectivity index (χ1) is 14.6. The van der Waals surface area contributed by atoms with Gasteiger partial charge in [0.05, 0.1) is 22.6 Å². The van der Waals surface area contributed by atoms with Crippen LogP contribution in [0, 0.1) is 0 Å². The summed E-state index contributed by atoms with van der Waals surface area (Å²) in [4.78, 5) is 21.7. The molecular formula is C23H18ClN5O. The van der Waals surface area contributed by atoms with Crippen molar-refractivity contribution >= 4 is 34.7 Å². The van der Waals surface area contributed by atoms with E-state index < -0.39 is 0 Å². The van der Waals surface area contributed by atoms with E-state index in [9.17, 15) is 4.79 Å². The molecule has 1 aliphatic heterocycles. The zero-order chi connectivity index (χ0) is 20.7. The number of rotatable bonds is 3. The van der Waals surface area contributed by atoms with Crippen molar-refractivity contribution in [2.45, 2.75) is 12.8 Å². The Hall–Kier alpha value is -3.64. The van der Waals surface area contributed by atoms with Crippen LogP contribution in [-0.2, 0) is 0 Å². The zero-order valence-electron chi connectivity index (χ0n) is 16.1. The highest BCUT2D eigenvalue weighted by atomic mass is 35.5. The van der Waals surface area contributed by atoms with Gasteiger partial charge in [0, 0.05) is 17.8 Å². The fraction of sp³-hybridized carbons (Fsp3) is 0.0870. The van der Waals surface area contributed by atoms with Gasteiger partial charge in [-0.1, -0.05) is 48.9 Å². The molecule has 1 aliphatic rings. The second kappa shape index (κ2) is 7.31. The largest absolute Gasteiger partial charge is 0.338 e. The summed E-state index contributed by atoms with van der Waals surface area (Å²) in [5.74, 6) is 0.450. The van der Waals surface area contributed by atoms with E-state index in [0.717, 1.165) is 17.1 Å². The van der Waals surface area contributed by atoms with E-state index in [-0.39, 0.29) is 11.8 Å². The summed E-state index contributed by atoms with van der Waals surface area (Å²) < 4.78 is 1.80. The molecule has 5 rings (SSSR count). The standard InChI is InChI=1S/C23H18ClN5O/c1-14(15-5-3-2-4-6-15)18-10-8-17-22(26-18)27-19-9-7-16(11-20(19)28-23(17)30)29-12-21(24)25-13-29/h2-14H,1H3,(H,26,27)(H,28,30). The maximum Gasteiger partial charge on any atom is 0.259 e. The third-order valence-electron chi connectivity index (χ3n) is 5.26. The summed E-state index contributed by atoms with van der Waals surface area (Å²) in [6, 6.07) is 19.6. The molecule has 3 heterocycles. The molecule has 30 heavy (non-hydrogen) atoms. The molecule has 1 unspecified atom stereocenters. The molecule has 1 atom stereocenters. The number of nitrogens with zero attached hydrogens (tertiary/aromatic N) is 3. The smallest absolute Gasteiger partial charge is 0.259 e. The Morgan fingerprint density at radius 1 is 1.00 bits per heavy atom. The molecule has 0 aliphatic carbocycles. The number of halogens is 1. The van der Waals surface area contributed by atoms with Crippen LogP contribution in [-0.4, -0.2) is 20.4 Å². The molecular weight excluding hydrogens is 398 g/mol. The van der Waals surface area contributed by atoms with Crippen molar-refractivity contribution in [3.63, 3.8) is 0 Å². The van der Waals surface area contributed by atoms with Crippen LogP contribution in [0.4, 0.5) is 17.2 Å². The Morgan fingerprint density at radius 2 is 1.83 bits per heavy atom. The monoisotopic (exact) mass is 415 g/mol. The first-order valence-corrected chi connectivity index (χ1v) is 9.94. The van der Waals surface area contributed by atoms with E-state index in [0.29, 0.717) is 22.2 Å². The van der Waals surface area contributed by atoms with E-state index in [1.54, 1.807) is 17.1 Å². The van der Waals surface area contributed by atoms with Gasteiger partial charge in [-0.15, -0.1) is 0 Å². The van der Waals surface area contributed by atoms with Crippen molar-refractivity contribution in [3.8, 4) is 5.69 Å². The van der Waals surface area contributed by atoms with Crippen molar-refractivity contribution in [1.29, 1.82) is 0 Å². The SMILES string of the molecule is CC(c1ccccc1)c1ccc2c(n1)Nc1ccc(-n3cnc(Cl)c3)cc1NC2=O. The molecule has 0 fully saturated rings. The van der Waals surface area contributed by atoms with Crippen LogP contribution < -0.4 is 10.6 Å². The third-order valence-corrected chi connectivity index (χ3v) is 5.45. The number of amides is 1. The van der Waals surface area contributed by atoms with Crippen molar-refractivity contribution < 1.29 is 4.79 Å². The predicted molar refractivity (Wildman–Crippen MR) is 118 cm³/mol. The molecule has 7 heteroatoms. The molecule has 148 valence electrons. The quantitative estimate of drug-likeness (QED) is 0.471. The summed E-state index contributed by atoms with van der Waals surface area (Å²) >= 11 is 5.93. The lowest BCUT2D eigenvalue weighted by Gasteiger charge is -2.14. The summed E-state index contributed by atoms with van der Waals surface area (Å²) in [5.41, 5.74) is 4.85. The highest BCUT2D eigenvalue weighted by Crippen LogP contribution is 2.34. The lowest BCUT2D eigenvalue weighted by atomic mass is 9.97. The Kier molecular flexibility index (Phi) is 4.48. The van der Waals surface area contributed by atoms with E-state index >= 15 is 0 Å². The molecule has 0 bridgehead atoms. The minimum Gasteiger partial charge on any atom is -0.338 e. The number of aromatic nitrogens is 3. The van der Waals surface area contributed by atoms with Crippen LogP contribution in [0.25, 0.3) is 5.69 Å². The van der Waals surface area contributed by atoms with Crippen LogP contribution in [0.2, 0.25) is 5.15 Å². The molecule has 4 aromatic rings. The number of carbonyl (C=O) groups is 1. The van der Waals surface area contributed by atoms with Crippen LogP contribution in [0.1, 0.15) is 34.5 Å². The average molecular weight is 416 g/mol. The first-order valence-electron chi connectivity index (χ1n) is 9.56. The minimum atomic E-state index is -0.205. The molecule has 2 aromatic carbocycles. The number of hydrogen-bond donors (Lipinski definition) is 2. The number of carbonyl (C=O) groups excluding carboxylic acids is 1. The summed E-state index contributed by atoms with van der Waals surface area (Å²) in [6.07, 6.45) is 3.34. The van der Waals surface area contributed by atoms with Crippen LogP contribution in [0.15, 0.2) is 73.2 Å². The molecule has 0 saturated heterocycles. The molecule has 1 amide bonds. The Balaban J connectivity index is 1.51. The summed E-state index contributed by atoms with van der Waals surface area (Å²) in [5, 5.41) is 6.69. The summed E-state index contributed by atoms with van der Waals surface area (Å²) in [7, 11) is 0. The molecule has 2 N–H and O–H groups in total. The van der Waals surface area contributed by atoms with Crippen LogP contribution >= 0.6 is 11.6 Å². The Bertz CT molecular complexity index is 1250. The van der Waals surface area contributed by atoms with Gasteiger partial charge in [-0.3, -0.25) is 4.79 Å². The second-order valence-electron chi connectivity index (χ2n) is 7.18. The Labute approximate surface area is 178 Å². The van der Waals surface area contributed by atoms with Crippen LogP contribution in [0.5, 0.6) is 0 Å². The number of fused-ring (bicyclic) bond motifs is 2. The fourth-order valence-electron chi connectivity index (χ4n) is 3.57. The first kappa shape index (κ1) is 18.4. The predicted octanol–water partition coefficient (Wildman–Crippen LogP) is 5.38. The number of nitrogens with one attached hydrogen (secondary N) is 2. The molecule has 2 aromatic heterocycles. The topological polar surface area (TPSA) is 71.8 Å². The van der Waals surface area contributed by atoms with Crippen molar-refractivity contribution in [2.24, 2.45) is 0 Å². The molecule has 0 spiro atoms. The average Bonchev–Trinajstić information content (AvgIpc) is 3.15. The lowest BCUT2D eigenvalue weighted by Crippen LogP contribution is -2.12. The zero-order valence-corrected chi connectivity index (χ0v) is 16.9. The van der Waals surface area contributed by atoms with Gasteiger partial charge in [-0.2, -0.15) is 0 Å². The summed E-state index contributed by atoms with van der Waals surface area (Å²) in [6.45, 7) is 2.11. The number of hydrogen-bond acceptors (Lipinski definition) is 4. The number of imidazole rings is 1. The van der Waals surface area contributed by atoms with Gasteiger partial charge in [0.2, 0.25) is 0 Å². The fourth-order valence-corrected chi connectivity index (χ4v) is 3.72. The van der Waals surface area contributed by atoms with Gasteiger partial charge in [0.15, 0.2) is 0 Å². The normalized spacial score (nSPS) is 13.5. The van der Waals surface area contributed by atoms with Crippen molar-refractivity contribution in [1.82, 2.24) is 14.5 Å². The highest BCUT2D eigenvalue weighted by molar-refractivity contribution is 6.29. The molecule has 0 radical (unpaired) electrons. The number of pyridine rings is 1. The van der Waals surface area contributed by atoms with Gasteiger partial charge in [0.1, 0.15) is 17.3 Å². The third kappa shape index (κ3) is 3.31. The second-order valence-corrected chi connectivity index (χ2v) is 7.56. The van der Waals surface area contributed by atoms with E-state index in [2.05, 4.69) is 34.7 Å². The van der Waals surface area contributed by atoms with Gasteiger partial charge in [-0.25, -0.2) is 9.97 Å². The van der Waals surface area contributed by atoms with Crippen molar-refractivity contribution in [3.05, 3.63) is 95.2 Å². The van der Waals surface area contributed by atoms with Gasteiger partial charge >= 0.3 is 0 Å².